The minimum Gasteiger partial charge on any atom is -0.328 e. The molecular weight excluding hydrogens is 543 g/mol. The first-order valence-corrected chi connectivity index (χ1v) is 13.7. The van der Waals surface area contributed by atoms with Gasteiger partial charge in [-0.1, -0.05) is 62.2 Å². The number of benzene rings is 2. The van der Waals surface area contributed by atoms with E-state index >= 15 is 8.78 Å². The molecule has 37 heavy (non-hydrogen) atoms. The lowest BCUT2D eigenvalue weighted by Crippen LogP contribution is -2.49. The van der Waals surface area contributed by atoms with Crippen LogP contribution in [0, 0.1) is 23.0 Å². The SMILES string of the molecule is CC(C)(C)C[C@@H]1CN(S(=O)(=O)c2ccc(=O)[nH]c2)[C@H](c2cccc(Cl)c2F)[C@@]1(N)c1ccc(Cl)cc1F. The van der Waals surface area contributed by atoms with Crippen molar-refractivity contribution in [3.05, 3.63) is 97.9 Å². The molecule has 1 aromatic heterocycles. The fourth-order valence-electron chi connectivity index (χ4n) is 5.19. The van der Waals surface area contributed by atoms with Crippen molar-refractivity contribution in [2.75, 3.05) is 6.54 Å². The molecule has 0 radical (unpaired) electrons. The van der Waals surface area contributed by atoms with Gasteiger partial charge < -0.3 is 10.7 Å². The monoisotopic (exact) mass is 569 g/mol. The molecule has 2 aromatic carbocycles. The van der Waals surface area contributed by atoms with Crippen molar-refractivity contribution in [2.24, 2.45) is 17.1 Å². The molecule has 1 fully saturated rings. The van der Waals surface area contributed by atoms with E-state index in [1.54, 1.807) is 0 Å². The van der Waals surface area contributed by atoms with Gasteiger partial charge in [0.2, 0.25) is 15.6 Å². The van der Waals surface area contributed by atoms with Gasteiger partial charge in [-0.05, 0) is 42.0 Å². The number of aromatic amines is 1. The first-order chi connectivity index (χ1) is 17.2. The highest BCUT2D eigenvalue weighted by Crippen LogP contribution is 2.55. The molecule has 11 heteroatoms. The molecule has 1 aliphatic heterocycles. The van der Waals surface area contributed by atoms with E-state index in [1.165, 1.54) is 30.3 Å². The van der Waals surface area contributed by atoms with Crippen molar-refractivity contribution in [2.45, 2.75) is 43.7 Å². The molecule has 4 rings (SSSR count). The normalized spacial score (nSPS) is 22.9. The molecule has 3 atom stereocenters. The number of H-pyrrole nitrogens is 1. The molecule has 0 saturated carbocycles. The van der Waals surface area contributed by atoms with Crippen molar-refractivity contribution in [3.63, 3.8) is 0 Å². The predicted octanol–water partition coefficient (Wildman–Crippen LogP) is 5.61. The summed E-state index contributed by atoms with van der Waals surface area (Å²) in [7, 11) is -4.35. The van der Waals surface area contributed by atoms with E-state index in [-0.39, 0.29) is 38.0 Å². The number of aromatic nitrogens is 1. The molecule has 3 aromatic rings. The summed E-state index contributed by atoms with van der Waals surface area (Å²) in [5.74, 6) is -2.22. The van der Waals surface area contributed by atoms with Gasteiger partial charge in [-0.3, -0.25) is 4.79 Å². The Hall–Kier alpha value is -2.30. The zero-order valence-corrected chi connectivity index (χ0v) is 22.8. The van der Waals surface area contributed by atoms with Crippen LogP contribution in [0.25, 0.3) is 0 Å². The van der Waals surface area contributed by atoms with Crippen molar-refractivity contribution in [1.29, 1.82) is 0 Å². The fourth-order valence-corrected chi connectivity index (χ4v) is 7.19. The van der Waals surface area contributed by atoms with Crippen molar-refractivity contribution < 1.29 is 17.2 Å². The van der Waals surface area contributed by atoms with E-state index in [9.17, 15) is 13.2 Å². The topological polar surface area (TPSA) is 96.3 Å². The first-order valence-electron chi connectivity index (χ1n) is 11.5. The molecule has 2 heterocycles. The van der Waals surface area contributed by atoms with Crippen molar-refractivity contribution >= 4 is 33.2 Å². The van der Waals surface area contributed by atoms with Crippen molar-refractivity contribution in [3.8, 4) is 0 Å². The third-order valence-corrected chi connectivity index (χ3v) is 9.07. The van der Waals surface area contributed by atoms with E-state index < -0.39 is 44.7 Å². The van der Waals surface area contributed by atoms with E-state index in [0.717, 1.165) is 28.7 Å². The van der Waals surface area contributed by atoms with Gasteiger partial charge >= 0.3 is 0 Å². The Kier molecular flexibility index (Phi) is 7.33. The number of nitrogens with two attached hydrogens (primary N) is 1. The number of pyridine rings is 1. The zero-order chi connectivity index (χ0) is 27.3. The highest BCUT2D eigenvalue weighted by atomic mass is 35.5. The number of rotatable bonds is 5. The van der Waals surface area contributed by atoms with Crippen LogP contribution in [-0.4, -0.2) is 24.3 Å². The van der Waals surface area contributed by atoms with Gasteiger partial charge in [0, 0.05) is 35.0 Å². The lowest BCUT2D eigenvalue weighted by atomic mass is 9.69. The van der Waals surface area contributed by atoms with Gasteiger partial charge in [-0.2, -0.15) is 4.31 Å². The third-order valence-electron chi connectivity index (χ3n) is 6.71. The first kappa shape index (κ1) is 27.7. The maximum absolute atomic E-state index is 15.6. The highest BCUT2D eigenvalue weighted by molar-refractivity contribution is 7.89. The maximum Gasteiger partial charge on any atom is 0.247 e. The Morgan fingerprint density at radius 3 is 2.43 bits per heavy atom. The van der Waals surface area contributed by atoms with E-state index in [1.807, 2.05) is 20.8 Å². The average molecular weight is 570 g/mol. The second-order valence-electron chi connectivity index (χ2n) is 10.5. The van der Waals surface area contributed by atoms with Gasteiger partial charge in [0.25, 0.3) is 0 Å². The lowest BCUT2D eigenvalue weighted by molar-refractivity contribution is 0.205. The molecule has 0 bridgehead atoms. The maximum atomic E-state index is 15.6. The van der Waals surface area contributed by atoms with Crippen LogP contribution in [0.2, 0.25) is 10.0 Å². The van der Waals surface area contributed by atoms with Crippen LogP contribution < -0.4 is 11.3 Å². The summed E-state index contributed by atoms with van der Waals surface area (Å²) in [6, 6.07) is 9.08. The number of halogens is 4. The summed E-state index contributed by atoms with van der Waals surface area (Å²) in [5, 5.41) is -0.0875. The van der Waals surface area contributed by atoms with Gasteiger partial charge in [-0.25, -0.2) is 17.2 Å². The number of nitrogens with one attached hydrogen (secondary N) is 1. The summed E-state index contributed by atoms with van der Waals surface area (Å²) >= 11 is 12.1. The van der Waals surface area contributed by atoms with Crippen LogP contribution in [0.15, 0.2) is 64.4 Å². The van der Waals surface area contributed by atoms with E-state index in [2.05, 4.69) is 4.98 Å². The largest absolute Gasteiger partial charge is 0.328 e. The van der Waals surface area contributed by atoms with Crippen LogP contribution in [0.1, 0.15) is 44.4 Å². The molecule has 0 amide bonds. The summed E-state index contributed by atoms with van der Waals surface area (Å²) < 4.78 is 60.1. The Balaban J connectivity index is 2.04. The molecule has 3 N–H and O–H groups in total. The average Bonchev–Trinajstić information content (AvgIpc) is 3.08. The minimum absolute atomic E-state index is 0.00898. The van der Waals surface area contributed by atoms with Crippen LogP contribution in [-0.2, 0) is 15.6 Å². The minimum atomic E-state index is -4.35. The number of hydrogen-bond donors (Lipinski definition) is 2. The Bertz CT molecular complexity index is 1490. The molecule has 0 aliphatic carbocycles. The molecule has 198 valence electrons. The smallest absolute Gasteiger partial charge is 0.247 e. The zero-order valence-electron chi connectivity index (χ0n) is 20.4. The molecular formula is C26H27Cl2F2N3O3S. The Morgan fingerprint density at radius 1 is 1.14 bits per heavy atom. The lowest BCUT2D eigenvalue weighted by Gasteiger charge is -2.40. The predicted molar refractivity (Wildman–Crippen MR) is 140 cm³/mol. The van der Waals surface area contributed by atoms with Crippen LogP contribution in [0.4, 0.5) is 8.78 Å². The highest BCUT2D eigenvalue weighted by Gasteiger charge is 2.59. The summed E-state index contributed by atoms with van der Waals surface area (Å²) in [6.07, 6.45) is 1.46. The van der Waals surface area contributed by atoms with Gasteiger partial charge in [0.15, 0.2) is 0 Å². The Labute approximate surface area is 224 Å². The van der Waals surface area contributed by atoms with E-state index in [0.29, 0.717) is 6.42 Å². The third kappa shape index (κ3) is 5.07. The fraction of sp³-hybridized carbons (Fsp3) is 0.346. The molecule has 6 nitrogen and oxygen atoms in total. The molecule has 0 spiro atoms. The van der Waals surface area contributed by atoms with Gasteiger partial charge in [0.05, 0.1) is 21.5 Å². The van der Waals surface area contributed by atoms with Gasteiger partial charge in [-0.15, -0.1) is 0 Å². The second kappa shape index (κ2) is 9.78. The summed E-state index contributed by atoms with van der Waals surface area (Å²) in [6.45, 7) is 5.74. The number of nitrogens with zero attached hydrogens (tertiary/aromatic N) is 1. The Morgan fingerprint density at radius 2 is 1.84 bits per heavy atom. The quantitative estimate of drug-likeness (QED) is 0.417. The molecule has 1 aliphatic rings. The van der Waals surface area contributed by atoms with E-state index in [4.69, 9.17) is 28.9 Å². The summed E-state index contributed by atoms with van der Waals surface area (Å²) in [4.78, 5) is 13.7. The molecule has 1 saturated heterocycles. The summed E-state index contributed by atoms with van der Waals surface area (Å²) in [5.41, 5.74) is 4.50. The second-order valence-corrected chi connectivity index (χ2v) is 13.3. The molecule has 0 unspecified atom stereocenters. The van der Waals surface area contributed by atoms with Gasteiger partial charge in [0.1, 0.15) is 11.6 Å². The number of sulfonamides is 1. The number of hydrogen-bond acceptors (Lipinski definition) is 4. The van der Waals surface area contributed by atoms with Crippen LogP contribution in [0.5, 0.6) is 0 Å². The van der Waals surface area contributed by atoms with Crippen molar-refractivity contribution in [1.82, 2.24) is 9.29 Å². The van der Waals surface area contributed by atoms with Crippen LogP contribution >= 0.6 is 23.2 Å². The van der Waals surface area contributed by atoms with Crippen LogP contribution in [0.3, 0.4) is 0 Å². The standard InChI is InChI=1S/C26H27Cl2F2N3O3S/c1-25(2,3)12-15-14-33(37(35,36)17-8-10-22(34)32-13-17)24(18-5-4-6-20(28)23(18)30)26(15,31)19-9-7-16(27)11-21(19)29/h4-11,13,15,24H,12,14,31H2,1-3H3,(H,32,34)/t15-,24-,26+/m1/s1.